The molecule has 102 valence electrons. The first-order valence-electron chi connectivity index (χ1n) is 6.70. The summed E-state index contributed by atoms with van der Waals surface area (Å²) in [5.41, 5.74) is 5.00. The standard InChI is InChI=1S/C16H17N3O/c1-4-13-16-18-14(10-19(16)8-7-17-13)12-6-5-11(2)9-15(12)20-3/h5-10H,4H2,1-3H3. The smallest absolute Gasteiger partial charge is 0.159 e. The Hall–Kier alpha value is -2.36. The van der Waals surface area contributed by atoms with Crippen LogP contribution in [0.4, 0.5) is 0 Å². The summed E-state index contributed by atoms with van der Waals surface area (Å²) in [5, 5.41) is 0. The molecule has 0 atom stereocenters. The van der Waals surface area contributed by atoms with Gasteiger partial charge >= 0.3 is 0 Å². The summed E-state index contributed by atoms with van der Waals surface area (Å²) in [7, 11) is 1.69. The second-order valence-electron chi connectivity index (χ2n) is 4.79. The average molecular weight is 267 g/mol. The predicted molar refractivity (Wildman–Crippen MR) is 79.1 cm³/mol. The molecule has 0 aliphatic rings. The monoisotopic (exact) mass is 267 g/mol. The maximum Gasteiger partial charge on any atom is 0.159 e. The molecule has 0 unspecified atom stereocenters. The van der Waals surface area contributed by atoms with Crippen molar-refractivity contribution < 1.29 is 4.74 Å². The van der Waals surface area contributed by atoms with Gasteiger partial charge in [-0.2, -0.15) is 0 Å². The minimum atomic E-state index is 0.847. The van der Waals surface area contributed by atoms with Crippen LogP contribution in [-0.4, -0.2) is 21.5 Å². The molecule has 3 aromatic rings. The van der Waals surface area contributed by atoms with Crippen LogP contribution in [0.25, 0.3) is 16.9 Å². The van der Waals surface area contributed by atoms with Crippen LogP contribution >= 0.6 is 0 Å². The second kappa shape index (κ2) is 4.96. The van der Waals surface area contributed by atoms with Gasteiger partial charge in [-0.25, -0.2) is 4.98 Å². The van der Waals surface area contributed by atoms with E-state index in [0.717, 1.165) is 34.8 Å². The highest BCUT2D eigenvalue weighted by atomic mass is 16.5. The molecule has 0 bridgehead atoms. The lowest BCUT2D eigenvalue weighted by molar-refractivity contribution is 0.416. The van der Waals surface area contributed by atoms with Crippen LogP contribution in [0.5, 0.6) is 5.75 Å². The van der Waals surface area contributed by atoms with Crippen molar-refractivity contribution in [2.24, 2.45) is 0 Å². The highest BCUT2D eigenvalue weighted by Crippen LogP contribution is 2.30. The van der Waals surface area contributed by atoms with Gasteiger partial charge in [-0.1, -0.05) is 13.0 Å². The first kappa shape index (κ1) is 12.7. The van der Waals surface area contributed by atoms with Gasteiger partial charge in [0.05, 0.1) is 18.5 Å². The summed E-state index contributed by atoms with van der Waals surface area (Å²) in [4.78, 5) is 9.09. The number of aryl methyl sites for hydroxylation is 2. The van der Waals surface area contributed by atoms with E-state index in [1.165, 1.54) is 5.56 Å². The molecule has 0 aliphatic carbocycles. The number of methoxy groups -OCH3 is 1. The topological polar surface area (TPSA) is 39.4 Å². The number of fused-ring (bicyclic) bond motifs is 1. The molecule has 0 aliphatic heterocycles. The number of hydrogen-bond donors (Lipinski definition) is 0. The van der Waals surface area contributed by atoms with E-state index in [2.05, 4.69) is 31.0 Å². The van der Waals surface area contributed by atoms with Gasteiger partial charge in [0.2, 0.25) is 0 Å². The molecule has 3 rings (SSSR count). The van der Waals surface area contributed by atoms with Crippen LogP contribution in [0.1, 0.15) is 18.2 Å². The fourth-order valence-corrected chi connectivity index (χ4v) is 2.36. The van der Waals surface area contributed by atoms with Gasteiger partial charge in [0.1, 0.15) is 5.75 Å². The van der Waals surface area contributed by atoms with Crippen LogP contribution in [0.15, 0.2) is 36.8 Å². The zero-order chi connectivity index (χ0) is 14.1. The van der Waals surface area contributed by atoms with Crippen LogP contribution in [-0.2, 0) is 6.42 Å². The van der Waals surface area contributed by atoms with Crippen molar-refractivity contribution in [3.05, 3.63) is 48.0 Å². The Kier molecular flexibility index (Phi) is 3.14. The molecule has 0 spiro atoms. The quantitative estimate of drug-likeness (QED) is 0.731. The van der Waals surface area contributed by atoms with Gasteiger partial charge in [0.15, 0.2) is 5.65 Å². The molecule has 0 saturated carbocycles. The molecule has 4 heteroatoms. The Morgan fingerprint density at radius 2 is 2.15 bits per heavy atom. The van der Waals surface area contributed by atoms with Crippen LogP contribution < -0.4 is 4.74 Å². The maximum absolute atomic E-state index is 5.47. The van der Waals surface area contributed by atoms with Crippen molar-refractivity contribution >= 4 is 5.65 Å². The van der Waals surface area contributed by atoms with Gasteiger partial charge in [-0.3, -0.25) is 4.98 Å². The van der Waals surface area contributed by atoms with E-state index in [-0.39, 0.29) is 0 Å². The second-order valence-corrected chi connectivity index (χ2v) is 4.79. The third-order valence-electron chi connectivity index (χ3n) is 3.42. The van der Waals surface area contributed by atoms with E-state index >= 15 is 0 Å². The largest absolute Gasteiger partial charge is 0.496 e. The number of nitrogens with zero attached hydrogens (tertiary/aromatic N) is 3. The SMILES string of the molecule is CCc1nccn2cc(-c3ccc(C)cc3OC)nc12. The van der Waals surface area contributed by atoms with Crippen molar-refractivity contribution in [2.75, 3.05) is 7.11 Å². The Bertz CT molecular complexity index is 762. The van der Waals surface area contributed by atoms with E-state index in [4.69, 9.17) is 9.72 Å². The highest BCUT2D eigenvalue weighted by molar-refractivity contribution is 5.70. The molecule has 0 N–H and O–H groups in total. The molecule has 2 heterocycles. The molecule has 0 radical (unpaired) electrons. The highest BCUT2D eigenvalue weighted by Gasteiger charge is 2.12. The van der Waals surface area contributed by atoms with Gasteiger partial charge < -0.3 is 9.14 Å². The van der Waals surface area contributed by atoms with Crippen molar-refractivity contribution in [1.29, 1.82) is 0 Å². The summed E-state index contributed by atoms with van der Waals surface area (Å²) >= 11 is 0. The first-order chi connectivity index (χ1) is 9.72. The first-order valence-corrected chi connectivity index (χ1v) is 6.70. The van der Waals surface area contributed by atoms with Gasteiger partial charge in [0.25, 0.3) is 0 Å². The van der Waals surface area contributed by atoms with Crippen molar-refractivity contribution in [3.63, 3.8) is 0 Å². The van der Waals surface area contributed by atoms with Crippen LogP contribution in [0.2, 0.25) is 0 Å². The lowest BCUT2D eigenvalue weighted by Gasteiger charge is -2.06. The number of aromatic nitrogens is 3. The lowest BCUT2D eigenvalue weighted by Crippen LogP contribution is -1.93. The predicted octanol–water partition coefficient (Wildman–Crippen LogP) is 3.28. The van der Waals surface area contributed by atoms with E-state index in [1.54, 1.807) is 7.11 Å². The number of imidazole rings is 1. The molecule has 1 aromatic carbocycles. The molecule has 0 fully saturated rings. The number of ether oxygens (including phenoxy) is 1. The van der Waals surface area contributed by atoms with Crippen molar-refractivity contribution in [1.82, 2.24) is 14.4 Å². The van der Waals surface area contributed by atoms with Gasteiger partial charge in [-0.15, -0.1) is 0 Å². The maximum atomic E-state index is 5.47. The van der Waals surface area contributed by atoms with E-state index in [9.17, 15) is 0 Å². The molecule has 0 saturated heterocycles. The van der Waals surface area contributed by atoms with E-state index < -0.39 is 0 Å². The van der Waals surface area contributed by atoms with Crippen molar-refractivity contribution in [2.45, 2.75) is 20.3 Å². The fraction of sp³-hybridized carbons (Fsp3) is 0.250. The number of rotatable bonds is 3. The molecule has 4 nitrogen and oxygen atoms in total. The van der Waals surface area contributed by atoms with E-state index in [0.29, 0.717) is 0 Å². The summed E-state index contributed by atoms with van der Waals surface area (Å²) < 4.78 is 7.48. The van der Waals surface area contributed by atoms with Gasteiger partial charge in [0, 0.05) is 24.2 Å². The summed E-state index contributed by atoms with van der Waals surface area (Å²) in [6.07, 6.45) is 6.62. The summed E-state index contributed by atoms with van der Waals surface area (Å²) in [5.74, 6) is 0.847. The average Bonchev–Trinajstić information content (AvgIpc) is 2.90. The third kappa shape index (κ3) is 2.03. The normalized spacial score (nSPS) is 10.9. The van der Waals surface area contributed by atoms with Crippen molar-refractivity contribution in [3.8, 4) is 17.0 Å². The Labute approximate surface area is 118 Å². The zero-order valence-electron chi connectivity index (χ0n) is 11.9. The van der Waals surface area contributed by atoms with Crippen LogP contribution in [0.3, 0.4) is 0 Å². The number of hydrogen-bond acceptors (Lipinski definition) is 3. The molecule has 0 amide bonds. The minimum absolute atomic E-state index is 0.847. The lowest BCUT2D eigenvalue weighted by atomic mass is 10.1. The van der Waals surface area contributed by atoms with E-state index in [1.807, 2.05) is 29.1 Å². The summed E-state index contributed by atoms with van der Waals surface area (Å²) in [6, 6.07) is 6.15. The Morgan fingerprint density at radius 3 is 2.90 bits per heavy atom. The molecular formula is C16H17N3O. The zero-order valence-corrected chi connectivity index (χ0v) is 11.9. The summed E-state index contributed by atoms with van der Waals surface area (Å²) in [6.45, 7) is 4.14. The Balaban J connectivity index is 2.20. The Morgan fingerprint density at radius 1 is 1.30 bits per heavy atom. The minimum Gasteiger partial charge on any atom is -0.496 e. The third-order valence-corrected chi connectivity index (χ3v) is 3.42. The molecule has 2 aromatic heterocycles. The van der Waals surface area contributed by atoms with Crippen LogP contribution in [0, 0.1) is 6.92 Å². The molecule has 20 heavy (non-hydrogen) atoms. The fourth-order valence-electron chi connectivity index (χ4n) is 2.36. The van der Waals surface area contributed by atoms with Gasteiger partial charge in [-0.05, 0) is 31.0 Å². The number of benzene rings is 1. The molecular weight excluding hydrogens is 250 g/mol.